The molecule has 3 aromatic rings. The quantitative estimate of drug-likeness (QED) is 0.605. The van der Waals surface area contributed by atoms with E-state index in [9.17, 15) is 9.59 Å². The average Bonchev–Trinajstić information content (AvgIpc) is 3.48. The topological polar surface area (TPSA) is 53.8 Å². The minimum atomic E-state index is -0.154. The molecule has 2 aliphatic rings. The summed E-state index contributed by atoms with van der Waals surface area (Å²) in [6, 6.07) is 21.0. The predicted molar refractivity (Wildman–Crippen MR) is 115 cm³/mol. The molecule has 1 saturated carbocycles. The maximum absolute atomic E-state index is 13.4. The van der Waals surface area contributed by atoms with Crippen LogP contribution in [0.25, 0.3) is 0 Å². The Morgan fingerprint density at radius 1 is 0.967 bits per heavy atom. The monoisotopic (exact) mass is 400 g/mol. The Labute approximate surface area is 175 Å². The Morgan fingerprint density at radius 3 is 2.40 bits per heavy atom. The van der Waals surface area contributed by atoms with Crippen molar-refractivity contribution in [2.75, 3.05) is 9.80 Å². The summed E-state index contributed by atoms with van der Waals surface area (Å²) in [4.78, 5) is 30.3. The van der Waals surface area contributed by atoms with Crippen LogP contribution in [0.1, 0.15) is 48.3 Å². The molecule has 2 aromatic carbocycles. The largest absolute Gasteiger partial charge is 0.459 e. The molecule has 2 heterocycles. The molecule has 0 spiro atoms. The third kappa shape index (κ3) is 3.20. The molecule has 0 unspecified atom stereocenters. The molecule has 5 nitrogen and oxygen atoms in total. The minimum absolute atomic E-state index is 0.0827. The molecular weight excluding hydrogens is 376 g/mol. The van der Waals surface area contributed by atoms with Crippen molar-refractivity contribution in [3.63, 3.8) is 0 Å². The molecule has 0 saturated heterocycles. The van der Waals surface area contributed by atoms with Crippen molar-refractivity contribution in [2.45, 2.75) is 38.3 Å². The van der Waals surface area contributed by atoms with Gasteiger partial charge in [-0.1, -0.05) is 36.4 Å². The van der Waals surface area contributed by atoms with E-state index in [1.54, 1.807) is 17.0 Å². The van der Waals surface area contributed by atoms with Crippen molar-refractivity contribution in [3.8, 4) is 0 Å². The van der Waals surface area contributed by atoms with Gasteiger partial charge in [0.2, 0.25) is 5.91 Å². The van der Waals surface area contributed by atoms with Crippen LogP contribution in [0.3, 0.4) is 0 Å². The van der Waals surface area contributed by atoms with Gasteiger partial charge in [-0.2, -0.15) is 0 Å². The normalized spacial score (nSPS) is 20.5. The van der Waals surface area contributed by atoms with E-state index in [4.69, 9.17) is 4.42 Å². The fraction of sp³-hybridized carbons (Fsp3) is 0.280. The van der Waals surface area contributed by atoms with Gasteiger partial charge in [0, 0.05) is 23.3 Å². The van der Waals surface area contributed by atoms with Crippen molar-refractivity contribution in [1.29, 1.82) is 0 Å². The van der Waals surface area contributed by atoms with Gasteiger partial charge in [0.1, 0.15) is 0 Å². The van der Waals surface area contributed by atoms with Crippen LogP contribution in [-0.2, 0) is 4.79 Å². The summed E-state index contributed by atoms with van der Waals surface area (Å²) in [6.45, 7) is 2.04. The smallest absolute Gasteiger partial charge is 0.294 e. The highest BCUT2D eigenvalue weighted by Crippen LogP contribution is 2.45. The van der Waals surface area contributed by atoms with Gasteiger partial charge in [0.25, 0.3) is 5.91 Å². The van der Waals surface area contributed by atoms with Crippen LogP contribution in [0.15, 0.2) is 77.4 Å². The molecule has 0 N–H and O–H groups in total. The van der Waals surface area contributed by atoms with Gasteiger partial charge in [0.15, 0.2) is 5.76 Å². The van der Waals surface area contributed by atoms with Gasteiger partial charge < -0.3 is 14.2 Å². The highest BCUT2D eigenvalue weighted by molar-refractivity contribution is 6.06. The van der Waals surface area contributed by atoms with E-state index in [-0.39, 0.29) is 29.8 Å². The summed E-state index contributed by atoms with van der Waals surface area (Å²) in [7, 11) is 0. The fourth-order valence-electron chi connectivity index (χ4n) is 4.43. The number of rotatable bonds is 4. The van der Waals surface area contributed by atoms with Crippen molar-refractivity contribution in [3.05, 3.63) is 84.3 Å². The maximum atomic E-state index is 13.4. The first kappa shape index (κ1) is 18.7. The number of fused-ring (bicyclic) bond motifs is 1. The molecular formula is C25H24N2O3. The number of hydrogen-bond donors (Lipinski definition) is 0. The molecule has 152 valence electrons. The highest BCUT2D eigenvalue weighted by Gasteiger charge is 2.42. The van der Waals surface area contributed by atoms with Gasteiger partial charge in [0.05, 0.1) is 12.3 Å². The SMILES string of the molecule is C[C@H]1C[C@H](N(C(=O)C2CC2)c2ccccc2)c2ccccc2N1C(=O)c1ccco1. The van der Waals surface area contributed by atoms with Crippen molar-refractivity contribution < 1.29 is 14.0 Å². The second-order valence-electron chi connectivity index (χ2n) is 8.13. The lowest BCUT2D eigenvalue weighted by molar-refractivity contribution is -0.120. The molecule has 5 rings (SSSR count). The van der Waals surface area contributed by atoms with Gasteiger partial charge in [-0.05, 0) is 62.1 Å². The minimum Gasteiger partial charge on any atom is -0.459 e. The highest BCUT2D eigenvalue weighted by atomic mass is 16.3. The molecule has 0 radical (unpaired) electrons. The number of amides is 2. The lowest BCUT2D eigenvalue weighted by Crippen LogP contribution is -2.48. The third-order valence-corrected chi connectivity index (χ3v) is 6.02. The number of carbonyl (C=O) groups is 2. The molecule has 1 aliphatic heterocycles. The van der Waals surface area contributed by atoms with Crippen LogP contribution in [0.5, 0.6) is 0 Å². The van der Waals surface area contributed by atoms with E-state index in [0.29, 0.717) is 12.2 Å². The Balaban J connectivity index is 1.59. The number of nitrogens with zero attached hydrogens (tertiary/aromatic N) is 2. The zero-order valence-electron chi connectivity index (χ0n) is 16.9. The van der Waals surface area contributed by atoms with Crippen LogP contribution in [0, 0.1) is 5.92 Å². The lowest BCUT2D eigenvalue weighted by atomic mass is 9.89. The second kappa shape index (κ2) is 7.48. The first-order valence-corrected chi connectivity index (χ1v) is 10.5. The maximum Gasteiger partial charge on any atom is 0.294 e. The van der Waals surface area contributed by atoms with Crippen molar-refractivity contribution in [2.24, 2.45) is 5.92 Å². The molecule has 1 aliphatic carbocycles. The van der Waals surface area contributed by atoms with Crippen molar-refractivity contribution in [1.82, 2.24) is 0 Å². The summed E-state index contributed by atoms with van der Waals surface area (Å²) in [5.74, 6) is 0.455. The summed E-state index contributed by atoms with van der Waals surface area (Å²) in [5.41, 5.74) is 2.74. The van der Waals surface area contributed by atoms with E-state index >= 15 is 0 Å². The Kier molecular flexibility index (Phi) is 4.66. The molecule has 1 aromatic heterocycles. The van der Waals surface area contributed by atoms with Crippen LogP contribution in [-0.4, -0.2) is 17.9 Å². The zero-order chi connectivity index (χ0) is 20.7. The number of furan rings is 1. The molecule has 5 heteroatoms. The number of anilines is 2. The number of hydrogen-bond acceptors (Lipinski definition) is 3. The van der Waals surface area contributed by atoms with Gasteiger partial charge in [-0.3, -0.25) is 9.59 Å². The number of para-hydroxylation sites is 2. The van der Waals surface area contributed by atoms with Gasteiger partial charge in [-0.15, -0.1) is 0 Å². The zero-order valence-corrected chi connectivity index (χ0v) is 16.9. The van der Waals surface area contributed by atoms with E-state index in [2.05, 4.69) is 0 Å². The van der Waals surface area contributed by atoms with Gasteiger partial charge >= 0.3 is 0 Å². The third-order valence-electron chi connectivity index (χ3n) is 6.02. The van der Waals surface area contributed by atoms with E-state index in [1.165, 1.54) is 6.26 Å². The summed E-state index contributed by atoms with van der Waals surface area (Å²) in [6.07, 6.45) is 4.09. The van der Waals surface area contributed by atoms with Crippen LogP contribution in [0.2, 0.25) is 0 Å². The molecule has 1 fully saturated rings. The summed E-state index contributed by atoms with van der Waals surface area (Å²) < 4.78 is 5.38. The fourth-order valence-corrected chi connectivity index (χ4v) is 4.43. The standard InChI is InChI=1S/C25H24N2O3/c1-17-16-22(27(24(28)18-13-14-18)19-8-3-2-4-9-19)20-10-5-6-11-21(20)26(17)25(29)23-12-7-15-30-23/h2-12,15,17-18,22H,13-14,16H2,1H3/t17-,22-/m0/s1. The number of benzene rings is 2. The van der Waals surface area contributed by atoms with E-state index in [0.717, 1.165) is 29.8 Å². The van der Waals surface area contributed by atoms with E-state index in [1.807, 2.05) is 66.4 Å². The Hall–Kier alpha value is -3.34. The van der Waals surface area contributed by atoms with Crippen LogP contribution >= 0.6 is 0 Å². The molecule has 2 atom stereocenters. The first-order valence-electron chi connectivity index (χ1n) is 10.5. The van der Waals surface area contributed by atoms with E-state index < -0.39 is 0 Å². The Morgan fingerprint density at radius 2 is 1.70 bits per heavy atom. The average molecular weight is 400 g/mol. The van der Waals surface area contributed by atoms with Crippen molar-refractivity contribution >= 4 is 23.2 Å². The Bertz CT molecular complexity index is 1060. The lowest BCUT2D eigenvalue weighted by Gasteiger charge is -2.43. The molecule has 30 heavy (non-hydrogen) atoms. The van der Waals surface area contributed by atoms with Gasteiger partial charge in [-0.25, -0.2) is 0 Å². The molecule has 2 amide bonds. The molecule has 0 bridgehead atoms. The number of carbonyl (C=O) groups excluding carboxylic acids is 2. The summed E-state index contributed by atoms with van der Waals surface area (Å²) in [5, 5.41) is 0. The van der Waals surface area contributed by atoms with Crippen LogP contribution in [0.4, 0.5) is 11.4 Å². The first-order chi connectivity index (χ1) is 14.6. The van der Waals surface area contributed by atoms with Crippen LogP contribution < -0.4 is 9.80 Å². The summed E-state index contributed by atoms with van der Waals surface area (Å²) >= 11 is 0. The predicted octanol–water partition coefficient (Wildman–Crippen LogP) is 5.20. The second-order valence-corrected chi connectivity index (χ2v) is 8.13.